The van der Waals surface area contributed by atoms with E-state index in [1.54, 1.807) is 4.90 Å². The average Bonchev–Trinajstić information content (AvgIpc) is 2.41. The first-order valence-corrected chi connectivity index (χ1v) is 8.41. The monoisotopic (exact) mass is 297 g/mol. The first-order chi connectivity index (χ1) is 9.95. The van der Waals surface area contributed by atoms with Gasteiger partial charge in [-0.1, -0.05) is 13.8 Å². The van der Waals surface area contributed by atoms with E-state index >= 15 is 0 Å². The number of β-amino-alcohol motifs (C(OH)–C–C–N with tert-alkyl or cyclic N) is 1. The molecule has 4 atom stereocenters. The van der Waals surface area contributed by atoms with Crippen molar-refractivity contribution >= 4 is 6.03 Å². The molecule has 0 aromatic heterocycles. The molecule has 0 aliphatic carbocycles. The number of hydrogen-bond donors (Lipinski definition) is 2. The van der Waals surface area contributed by atoms with Crippen LogP contribution >= 0.6 is 0 Å². The van der Waals surface area contributed by atoms with Gasteiger partial charge in [0.05, 0.1) is 6.10 Å². The number of carbonyl (C=O) groups excluding carboxylic acids is 1. The van der Waals surface area contributed by atoms with Gasteiger partial charge in [0.2, 0.25) is 0 Å². The number of hydrogen-bond acceptors (Lipinski definition) is 3. The minimum Gasteiger partial charge on any atom is -0.391 e. The van der Waals surface area contributed by atoms with Gasteiger partial charge < -0.3 is 20.2 Å². The van der Waals surface area contributed by atoms with Crippen molar-refractivity contribution in [3.8, 4) is 0 Å². The fourth-order valence-corrected chi connectivity index (χ4v) is 3.42. The van der Waals surface area contributed by atoms with Gasteiger partial charge >= 0.3 is 6.03 Å². The van der Waals surface area contributed by atoms with Crippen molar-refractivity contribution in [1.82, 2.24) is 15.1 Å². The lowest BCUT2D eigenvalue weighted by atomic mass is 9.96. The smallest absolute Gasteiger partial charge is 0.317 e. The number of likely N-dealkylation sites (tertiary alicyclic amines) is 2. The van der Waals surface area contributed by atoms with E-state index in [9.17, 15) is 9.90 Å². The molecule has 2 saturated heterocycles. The van der Waals surface area contributed by atoms with Crippen molar-refractivity contribution in [2.45, 2.75) is 52.2 Å². The number of carbonyl (C=O) groups is 1. The molecule has 0 saturated carbocycles. The summed E-state index contributed by atoms with van der Waals surface area (Å²) >= 11 is 0. The Labute approximate surface area is 128 Å². The number of nitrogens with one attached hydrogen (secondary N) is 1. The van der Waals surface area contributed by atoms with E-state index in [-0.39, 0.29) is 18.2 Å². The van der Waals surface area contributed by atoms with Crippen LogP contribution in [-0.4, -0.2) is 65.8 Å². The summed E-state index contributed by atoms with van der Waals surface area (Å²) in [5.41, 5.74) is 0. The largest absolute Gasteiger partial charge is 0.391 e. The van der Waals surface area contributed by atoms with Gasteiger partial charge in [0, 0.05) is 32.2 Å². The second-order valence-electron chi connectivity index (χ2n) is 7.14. The Morgan fingerprint density at radius 1 is 1.29 bits per heavy atom. The molecule has 5 heteroatoms. The molecule has 2 N–H and O–H groups in total. The van der Waals surface area contributed by atoms with Crippen molar-refractivity contribution < 1.29 is 9.90 Å². The summed E-state index contributed by atoms with van der Waals surface area (Å²) in [6.07, 6.45) is 3.08. The maximum Gasteiger partial charge on any atom is 0.317 e. The third-order valence-electron chi connectivity index (χ3n) is 4.85. The van der Waals surface area contributed by atoms with Gasteiger partial charge in [-0.25, -0.2) is 4.79 Å². The number of amides is 2. The molecular formula is C16H31N3O2. The van der Waals surface area contributed by atoms with Crippen molar-refractivity contribution in [3.05, 3.63) is 0 Å². The Bertz CT molecular complexity index is 350. The average molecular weight is 297 g/mol. The summed E-state index contributed by atoms with van der Waals surface area (Å²) in [6.45, 7) is 10.8. The predicted octanol–water partition coefficient (Wildman–Crippen LogP) is 1.52. The summed E-state index contributed by atoms with van der Waals surface area (Å²) in [7, 11) is 0. The van der Waals surface area contributed by atoms with Crippen LogP contribution in [0.1, 0.15) is 40.0 Å². The van der Waals surface area contributed by atoms with Crippen LogP contribution in [0.25, 0.3) is 0 Å². The van der Waals surface area contributed by atoms with E-state index in [2.05, 4.69) is 24.1 Å². The zero-order chi connectivity index (χ0) is 15.4. The minimum atomic E-state index is -0.386. The Morgan fingerprint density at radius 2 is 2.05 bits per heavy atom. The van der Waals surface area contributed by atoms with E-state index in [4.69, 9.17) is 0 Å². The lowest BCUT2D eigenvalue weighted by Crippen LogP contribution is -2.53. The highest BCUT2D eigenvalue weighted by molar-refractivity contribution is 5.74. The summed E-state index contributed by atoms with van der Waals surface area (Å²) in [4.78, 5) is 16.5. The first-order valence-electron chi connectivity index (χ1n) is 8.41. The number of rotatable bonds is 3. The highest BCUT2D eigenvalue weighted by atomic mass is 16.3. The van der Waals surface area contributed by atoms with Crippen LogP contribution in [0, 0.1) is 11.8 Å². The van der Waals surface area contributed by atoms with Gasteiger partial charge in [-0.05, 0) is 44.6 Å². The van der Waals surface area contributed by atoms with Gasteiger partial charge in [0.25, 0.3) is 0 Å². The van der Waals surface area contributed by atoms with Crippen LogP contribution in [0.3, 0.4) is 0 Å². The molecule has 0 radical (unpaired) electrons. The van der Waals surface area contributed by atoms with Gasteiger partial charge in [0.1, 0.15) is 0 Å². The van der Waals surface area contributed by atoms with E-state index in [1.165, 1.54) is 12.8 Å². The maximum absolute atomic E-state index is 12.3. The van der Waals surface area contributed by atoms with Crippen molar-refractivity contribution in [1.29, 1.82) is 0 Å². The van der Waals surface area contributed by atoms with Crippen molar-refractivity contribution in [2.75, 3.05) is 32.7 Å². The molecule has 21 heavy (non-hydrogen) atoms. The van der Waals surface area contributed by atoms with Crippen LogP contribution in [0.4, 0.5) is 4.79 Å². The Balaban J connectivity index is 1.74. The van der Waals surface area contributed by atoms with Gasteiger partial charge in [0.15, 0.2) is 0 Å². The lowest BCUT2D eigenvalue weighted by Gasteiger charge is -2.36. The molecule has 122 valence electrons. The Hall–Kier alpha value is -0.810. The molecule has 0 bridgehead atoms. The fourth-order valence-electron chi connectivity index (χ4n) is 3.42. The Kier molecular flexibility index (Phi) is 5.88. The molecule has 2 rings (SSSR count). The van der Waals surface area contributed by atoms with Crippen LogP contribution < -0.4 is 5.32 Å². The van der Waals surface area contributed by atoms with Gasteiger partial charge in [-0.15, -0.1) is 0 Å². The molecular weight excluding hydrogens is 266 g/mol. The van der Waals surface area contributed by atoms with E-state index < -0.39 is 0 Å². The molecule has 4 unspecified atom stereocenters. The molecule has 5 nitrogen and oxygen atoms in total. The predicted molar refractivity (Wildman–Crippen MR) is 84.2 cm³/mol. The third-order valence-corrected chi connectivity index (χ3v) is 4.85. The summed E-state index contributed by atoms with van der Waals surface area (Å²) in [5, 5.41) is 13.0. The first kappa shape index (κ1) is 16.6. The second kappa shape index (κ2) is 7.45. The minimum absolute atomic E-state index is 0.0292. The fraction of sp³-hybridized carbons (Fsp3) is 0.938. The number of urea groups is 1. The SMILES string of the molecule is CC1CCCN(CC(C)NC(=O)N2CCC(C)C(O)C2)C1. The van der Waals surface area contributed by atoms with Crippen LogP contribution in [-0.2, 0) is 0 Å². The molecule has 2 aliphatic heterocycles. The highest BCUT2D eigenvalue weighted by Gasteiger charge is 2.28. The normalized spacial score (nSPS) is 32.8. The standard InChI is InChI=1S/C16H31N3O2/c1-12-5-4-7-18(9-12)10-14(3)17-16(21)19-8-6-13(2)15(20)11-19/h12-15,20H,4-11H2,1-3H3,(H,17,21). The van der Waals surface area contributed by atoms with E-state index in [0.717, 1.165) is 38.5 Å². The van der Waals surface area contributed by atoms with Crippen LogP contribution in [0.5, 0.6) is 0 Å². The van der Waals surface area contributed by atoms with E-state index in [1.807, 2.05) is 6.92 Å². The lowest BCUT2D eigenvalue weighted by molar-refractivity contribution is 0.0426. The topological polar surface area (TPSA) is 55.8 Å². The molecule has 2 amide bonds. The number of piperidine rings is 2. The van der Waals surface area contributed by atoms with Crippen LogP contribution in [0.15, 0.2) is 0 Å². The molecule has 0 spiro atoms. The van der Waals surface area contributed by atoms with Crippen LogP contribution in [0.2, 0.25) is 0 Å². The number of nitrogens with zero attached hydrogens (tertiary/aromatic N) is 2. The highest BCUT2D eigenvalue weighted by Crippen LogP contribution is 2.17. The zero-order valence-electron chi connectivity index (χ0n) is 13.7. The molecule has 2 fully saturated rings. The molecule has 2 aliphatic rings. The van der Waals surface area contributed by atoms with E-state index in [0.29, 0.717) is 12.5 Å². The molecule has 0 aromatic rings. The summed E-state index contributed by atoms with van der Waals surface area (Å²) in [6, 6.07) is 0.123. The van der Waals surface area contributed by atoms with Crippen molar-refractivity contribution in [2.24, 2.45) is 11.8 Å². The second-order valence-corrected chi connectivity index (χ2v) is 7.14. The summed E-state index contributed by atoms with van der Waals surface area (Å²) < 4.78 is 0. The number of aliphatic hydroxyl groups excluding tert-OH is 1. The Morgan fingerprint density at radius 3 is 2.71 bits per heavy atom. The maximum atomic E-state index is 12.3. The third kappa shape index (κ3) is 4.85. The van der Waals surface area contributed by atoms with Gasteiger partial charge in [-0.3, -0.25) is 0 Å². The molecule has 0 aromatic carbocycles. The number of aliphatic hydroxyl groups is 1. The molecule has 2 heterocycles. The zero-order valence-corrected chi connectivity index (χ0v) is 13.7. The van der Waals surface area contributed by atoms with Crippen molar-refractivity contribution in [3.63, 3.8) is 0 Å². The summed E-state index contributed by atoms with van der Waals surface area (Å²) in [5.74, 6) is 1.06. The quantitative estimate of drug-likeness (QED) is 0.830. The van der Waals surface area contributed by atoms with Gasteiger partial charge in [-0.2, -0.15) is 0 Å².